The lowest BCUT2D eigenvalue weighted by molar-refractivity contribution is 0.0596. The smallest absolute Gasteiger partial charge is 0.111 e. The zero-order valence-electron chi connectivity index (χ0n) is 10.6. The van der Waals surface area contributed by atoms with E-state index in [4.69, 9.17) is 21.3 Å². The summed E-state index contributed by atoms with van der Waals surface area (Å²) in [7, 11) is 0. The molecule has 5 heteroatoms. The number of imidazole rings is 1. The quantitative estimate of drug-likeness (QED) is 0.790. The van der Waals surface area contributed by atoms with Gasteiger partial charge in [-0.05, 0) is 31.0 Å². The minimum atomic E-state index is 0.381. The van der Waals surface area contributed by atoms with Crippen LogP contribution in [0.1, 0.15) is 24.7 Å². The summed E-state index contributed by atoms with van der Waals surface area (Å²) in [5.74, 6) is 1.66. The highest BCUT2D eigenvalue weighted by atomic mass is 79.9. The lowest BCUT2D eigenvalue weighted by Gasteiger charge is -2.25. The molecule has 1 atom stereocenters. The Labute approximate surface area is 126 Å². The van der Waals surface area contributed by atoms with Crippen LogP contribution in [-0.2, 0) is 11.2 Å². The van der Waals surface area contributed by atoms with Crippen molar-refractivity contribution in [3.8, 4) is 0 Å². The SMILES string of the molecule is ClCCc1nc2ccc(Br)cc2n1C1CCCOC1. The van der Waals surface area contributed by atoms with Gasteiger partial charge in [0, 0.05) is 23.4 Å². The highest BCUT2D eigenvalue weighted by Crippen LogP contribution is 2.29. The Hall–Kier alpha value is -0.580. The van der Waals surface area contributed by atoms with Crippen LogP contribution >= 0.6 is 27.5 Å². The summed E-state index contributed by atoms with van der Waals surface area (Å²) in [5, 5.41) is 0. The van der Waals surface area contributed by atoms with E-state index >= 15 is 0 Å². The van der Waals surface area contributed by atoms with Crippen LogP contribution in [0, 0.1) is 0 Å². The Balaban J connectivity index is 2.11. The predicted molar refractivity (Wildman–Crippen MR) is 80.9 cm³/mol. The molecule has 0 N–H and O–H groups in total. The number of aromatic nitrogens is 2. The lowest BCUT2D eigenvalue weighted by Crippen LogP contribution is -2.23. The van der Waals surface area contributed by atoms with E-state index in [-0.39, 0.29) is 0 Å². The van der Waals surface area contributed by atoms with Crippen LogP contribution in [0.4, 0.5) is 0 Å². The minimum absolute atomic E-state index is 0.381. The van der Waals surface area contributed by atoms with E-state index in [1.807, 2.05) is 6.07 Å². The third-order valence-corrected chi connectivity index (χ3v) is 4.23. The van der Waals surface area contributed by atoms with Gasteiger partial charge in [-0.3, -0.25) is 0 Å². The fourth-order valence-electron chi connectivity index (χ4n) is 2.71. The van der Waals surface area contributed by atoms with Gasteiger partial charge in [-0.15, -0.1) is 11.6 Å². The molecule has 2 heterocycles. The van der Waals surface area contributed by atoms with E-state index in [9.17, 15) is 0 Å². The van der Waals surface area contributed by atoms with E-state index in [1.54, 1.807) is 0 Å². The maximum atomic E-state index is 5.91. The molecule has 19 heavy (non-hydrogen) atoms. The molecule has 2 aromatic rings. The van der Waals surface area contributed by atoms with Crippen LogP contribution in [0.25, 0.3) is 11.0 Å². The summed E-state index contributed by atoms with van der Waals surface area (Å²) in [6, 6.07) is 6.60. The molecule has 0 spiro atoms. The fraction of sp³-hybridized carbons (Fsp3) is 0.500. The number of ether oxygens (including phenoxy) is 1. The second-order valence-corrected chi connectivity index (χ2v) is 6.13. The van der Waals surface area contributed by atoms with E-state index in [1.165, 1.54) is 5.52 Å². The largest absolute Gasteiger partial charge is 0.379 e. The second-order valence-electron chi connectivity index (χ2n) is 4.84. The van der Waals surface area contributed by atoms with Crippen molar-refractivity contribution in [2.45, 2.75) is 25.3 Å². The van der Waals surface area contributed by atoms with Crippen LogP contribution in [0.15, 0.2) is 22.7 Å². The van der Waals surface area contributed by atoms with Crippen molar-refractivity contribution in [1.82, 2.24) is 9.55 Å². The number of alkyl halides is 1. The number of hydrogen-bond acceptors (Lipinski definition) is 2. The Morgan fingerprint density at radius 1 is 1.47 bits per heavy atom. The number of nitrogens with zero attached hydrogens (tertiary/aromatic N) is 2. The van der Waals surface area contributed by atoms with Crippen molar-refractivity contribution < 1.29 is 4.74 Å². The van der Waals surface area contributed by atoms with Gasteiger partial charge in [0.25, 0.3) is 0 Å². The molecule has 1 fully saturated rings. The van der Waals surface area contributed by atoms with Crippen molar-refractivity contribution >= 4 is 38.6 Å². The zero-order chi connectivity index (χ0) is 13.2. The average molecular weight is 344 g/mol. The number of fused-ring (bicyclic) bond motifs is 1. The molecule has 1 aliphatic heterocycles. The topological polar surface area (TPSA) is 27.1 Å². The molecule has 3 rings (SSSR count). The normalized spacial score (nSPS) is 20.0. The molecule has 1 aliphatic rings. The van der Waals surface area contributed by atoms with E-state index in [2.05, 4.69) is 32.6 Å². The first-order valence-corrected chi connectivity index (χ1v) is 7.92. The molecule has 0 amide bonds. The summed E-state index contributed by atoms with van der Waals surface area (Å²) in [5.41, 5.74) is 2.21. The van der Waals surface area contributed by atoms with E-state index in [0.717, 1.165) is 48.3 Å². The van der Waals surface area contributed by atoms with Gasteiger partial charge in [-0.1, -0.05) is 15.9 Å². The van der Waals surface area contributed by atoms with Gasteiger partial charge in [0.05, 0.1) is 23.7 Å². The molecular formula is C14H16BrClN2O. The Morgan fingerprint density at radius 3 is 3.11 bits per heavy atom. The molecule has 0 aliphatic carbocycles. The maximum absolute atomic E-state index is 5.91. The van der Waals surface area contributed by atoms with Crippen LogP contribution in [0.2, 0.25) is 0 Å². The summed E-state index contributed by atoms with van der Waals surface area (Å²) in [6.07, 6.45) is 3.05. The molecule has 1 aromatic carbocycles. The summed E-state index contributed by atoms with van der Waals surface area (Å²) >= 11 is 9.45. The molecule has 1 saturated heterocycles. The molecule has 3 nitrogen and oxygen atoms in total. The average Bonchev–Trinajstić information content (AvgIpc) is 2.77. The highest BCUT2D eigenvalue weighted by molar-refractivity contribution is 9.10. The fourth-order valence-corrected chi connectivity index (χ4v) is 3.23. The molecule has 1 unspecified atom stereocenters. The minimum Gasteiger partial charge on any atom is -0.379 e. The number of hydrogen-bond donors (Lipinski definition) is 0. The molecule has 1 aromatic heterocycles. The third-order valence-electron chi connectivity index (χ3n) is 3.54. The highest BCUT2D eigenvalue weighted by Gasteiger charge is 2.21. The number of aryl methyl sites for hydroxylation is 1. The van der Waals surface area contributed by atoms with Crippen LogP contribution < -0.4 is 0 Å². The van der Waals surface area contributed by atoms with Crippen molar-refractivity contribution in [3.05, 3.63) is 28.5 Å². The lowest BCUT2D eigenvalue weighted by atomic mass is 10.1. The summed E-state index contributed by atoms with van der Waals surface area (Å²) in [4.78, 5) is 4.72. The monoisotopic (exact) mass is 342 g/mol. The first-order chi connectivity index (χ1) is 9.29. The Morgan fingerprint density at radius 2 is 2.37 bits per heavy atom. The van der Waals surface area contributed by atoms with Gasteiger partial charge < -0.3 is 9.30 Å². The molecular weight excluding hydrogens is 328 g/mol. The maximum Gasteiger partial charge on any atom is 0.111 e. The first-order valence-electron chi connectivity index (χ1n) is 6.59. The summed E-state index contributed by atoms with van der Waals surface area (Å²) < 4.78 is 9.02. The summed E-state index contributed by atoms with van der Waals surface area (Å²) in [6.45, 7) is 1.64. The Kier molecular flexibility index (Phi) is 4.10. The van der Waals surface area contributed by atoms with Gasteiger partial charge >= 0.3 is 0 Å². The number of benzene rings is 1. The van der Waals surface area contributed by atoms with Gasteiger partial charge in [-0.25, -0.2) is 4.98 Å². The van der Waals surface area contributed by atoms with Crippen molar-refractivity contribution in [3.63, 3.8) is 0 Å². The molecule has 0 bridgehead atoms. The number of halogens is 2. The zero-order valence-corrected chi connectivity index (χ0v) is 13.0. The van der Waals surface area contributed by atoms with Gasteiger partial charge in [0.2, 0.25) is 0 Å². The van der Waals surface area contributed by atoms with Gasteiger partial charge in [0.1, 0.15) is 5.82 Å². The van der Waals surface area contributed by atoms with Crippen LogP contribution in [0.5, 0.6) is 0 Å². The molecule has 102 valence electrons. The van der Waals surface area contributed by atoms with Gasteiger partial charge in [0.15, 0.2) is 0 Å². The second kappa shape index (κ2) is 5.81. The van der Waals surface area contributed by atoms with Crippen molar-refractivity contribution in [1.29, 1.82) is 0 Å². The number of rotatable bonds is 3. The van der Waals surface area contributed by atoms with Crippen LogP contribution in [-0.4, -0.2) is 28.6 Å². The first kappa shape index (κ1) is 13.4. The van der Waals surface area contributed by atoms with Crippen molar-refractivity contribution in [2.75, 3.05) is 19.1 Å². The standard InChI is InChI=1S/C14H16BrClN2O/c15-10-3-4-12-13(8-10)18(14(17-12)5-6-16)11-2-1-7-19-9-11/h3-4,8,11H,1-2,5-7,9H2. The molecule has 0 saturated carbocycles. The van der Waals surface area contributed by atoms with E-state index < -0.39 is 0 Å². The Bertz CT molecular complexity index is 578. The predicted octanol–water partition coefficient (Wildman–Crippen LogP) is 3.93. The van der Waals surface area contributed by atoms with Crippen molar-refractivity contribution in [2.24, 2.45) is 0 Å². The molecule has 0 radical (unpaired) electrons. The van der Waals surface area contributed by atoms with Gasteiger partial charge in [-0.2, -0.15) is 0 Å². The van der Waals surface area contributed by atoms with E-state index in [0.29, 0.717) is 11.9 Å². The third kappa shape index (κ3) is 2.67. The van der Waals surface area contributed by atoms with Crippen LogP contribution in [0.3, 0.4) is 0 Å².